The summed E-state index contributed by atoms with van der Waals surface area (Å²) >= 11 is 0. The third-order valence-corrected chi connectivity index (χ3v) is 3.40. The molecule has 82 valence electrons. The number of hydrogen-bond donors (Lipinski definition) is 1. The molecule has 1 rings (SSSR count). The molecule has 1 nitrogen and oxygen atoms in total. The quantitative estimate of drug-likeness (QED) is 0.640. The highest BCUT2D eigenvalue weighted by Gasteiger charge is 2.16. The molecule has 1 aliphatic carbocycles. The second-order valence-electron chi connectivity index (χ2n) is 4.87. The average molecular weight is 195 g/mol. The number of nitrogens with one attached hydrogen (secondary N) is 1. The van der Waals surface area contributed by atoms with Crippen LogP contribution in [0, 0.1) is 5.92 Å². The molecule has 1 unspecified atom stereocenters. The molecule has 1 saturated carbocycles. The minimum Gasteiger partial charge on any atom is -0.317 e. The van der Waals surface area contributed by atoms with Crippen molar-refractivity contribution in [3.8, 4) is 0 Å². The van der Waals surface area contributed by atoms with Gasteiger partial charge in [-0.2, -0.15) is 0 Å². The summed E-state index contributed by atoms with van der Waals surface area (Å²) in [6.45, 7) is 6.11. The summed E-state index contributed by atoms with van der Waals surface area (Å²) in [5, 5.41) is 3.40. The monoisotopic (exact) mass is 195 g/mol. The molecule has 0 radical (unpaired) electrons. The third kappa shape index (κ3) is 4.28. The van der Waals surface area contributed by atoms with E-state index in [4.69, 9.17) is 0 Å². The van der Waals surface area contributed by atoms with Crippen molar-refractivity contribution in [3.63, 3.8) is 0 Å². The van der Waals surface area contributed by atoms with Gasteiger partial charge in [0, 0.05) is 6.04 Å². The smallest absolute Gasteiger partial charge is 0.0101 e. The predicted molar refractivity (Wildman–Crippen MR) is 63.5 cm³/mol. The molecule has 0 aliphatic heterocycles. The lowest BCUT2D eigenvalue weighted by Crippen LogP contribution is -2.25. The second kappa shape index (κ2) is 6.23. The van der Waals surface area contributed by atoms with Crippen LogP contribution in [0.15, 0.2) is 12.2 Å². The molecule has 1 heteroatoms. The fourth-order valence-corrected chi connectivity index (χ4v) is 2.51. The maximum atomic E-state index is 3.98. The Kier molecular flexibility index (Phi) is 5.24. The van der Waals surface area contributed by atoms with Gasteiger partial charge in [-0.15, -0.1) is 6.58 Å². The van der Waals surface area contributed by atoms with Crippen LogP contribution in [0.3, 0.4) is 0 Å². The molecule has 0 aromatic rings. The standard InChI is InChI=1S/C13H25N/c1-11(2)10-13(14-3)9-8-12-6-4-5-7-12/h12-14H,1,4-10H2,2-3H3. The molecule has 0 amide bonds. The SMILES string of the molecule is C=C(C)CC(CCC1CCCC1)NC. The summed E-state index contributed by atoms with van der Waals surface area (Å²) < 4.78 is 0. The highest BCUT2D eigenvalue weighted by molar-refractivity contribution is 4.92. The van der Waals surface area contributed by atoms with Gasteiger partial charge in [0.2, 0.25) is 0 Å². The molecule has 1 N–H and O–H groups in total. The zero-order valence-electron chi connectivity index (χ0n) is 9.81. The summed E-state index contributed by atoms with van der Waals surface area (Å²) in [4.78, 5) is 0. The van der Waals surface area contributed by atoms with Crippen molar-refractivity contribution in [1.29, 1.82) is 0 Å². The Labute approximate surface area is 89.0 Å². The van der Waals surface area contributed by atoms with Gasteiger partial charge in [-0.25, -0.2) is 0 Å². The molecule has 0 bridgehead atoms. The van der Waals surface area contributed by atoms with Crippen LogP contribution in [-0.2, 0) is 0 Å². The molecule has 0 saturated heterocycles. The topological polar surface area (TPSA) is 12.0 Å². The van der Waals surface area contributed by atoms with Crippen molar-refractivity contribution in [3.05, 3.63) is 12.2 Å². The lowest BCUT2D eigenvalue weighted by molar-refractivity contribution is 0.418. The molecule has 1 fully saturated rings. The van der Waals surface area contributed by atoms with Crippen molar-refractivity contribution >= 4 is 0 Å². The Hall–Kier alpha value is -0.300. The molecule has 1 atom stereocenters. The second-order valence-corrected chi connectivity index (χ2v) is 4.87. The van der Waals surface area contributed by atoms with Gasteiger partial charge in [0.25, 0.3) is 0 Å². The van der Waals surface area contributed by atoms with Crippen LogP contribution >= 0.6 is 0 Å². The van der Waals surface area contributed by atoms with Crippen LogP contribution < -0.4 is 5.32 Å². The van der Waals surface area contributed by atoms with Crippen molar-refractivity contribution in [2.45, 2.75) is 57.9 Å². The molecule has 1 aliphatic rings. The van der Waals surface area contributed by atoms with E-state index in [1.165, 1.54) is 44.1 Å². The maximum Gasteiger partial charge on any atom is 0.0101 e. The third-order valence-electron chi connectivity index (χ3n) is 3.40. The van der Waals surface area contributed by atoms with Gasteiger partial charge >= 0.3 is 0 Å². The zero-order valence-corrected chi connectivity index (χ0v) is 9.81. The van der Waals surface area contributed by atoms with Gasteiger partial charge in [-0.05, 0) is 39.2 Å². The fraction of sp³-hybridized carbons (Fsp3) is 0.846. The van der Waals surface area contributed by atoms with Crippen LogP contribution in [0.5, 0.6) is 0 Å². The molecule has 0 aromatic heterocycles. The van der Waals surface area contributed by atoms with Gasteiger partial charge < -0.3 is 5.32 Å². The molecule has 14 heavy (non-hydrogen) atoms. The average Bonchev–Trinajstić information content (AvgIpc) is 2.64. The first-order chi connectivity index (χ1) is 6.72. The van der Waals surface area contributed by atoms with Gasteiger partial charge in [0.15, 0.2) is 0 Å². The first-order valence-corrected chi connectivity index (χ1v) is 6.04. The summed E-state index contributed by atoms with van der Waals surface area (Å²) in [5.41, 5.74) is 1.30. The van der Waals surface area contributed by atoms with Crippen LogP contribution in [0.1, 0.15) is 51.9 Å². The van der Waals surface area contributed by atoms with Gasteiger partial charge in [0.1, 0.15) is 0 Å². The molecular weight excluding hydrogens is 170 g/mol. The van der Waals surface area contributed by atoms with E-state index in [0.29, 0.717) is 6.04 Å². The largest absolute Gasteiger partial charge is 0.317 e. The molecular formula is C13H25N. The van der Waals surface area contributed by atoms with E-state index >= 15 is 0 Å². The summed E-state index contributed by atoms with van der Waals surface area (Å²) in [6.07, 6.45) is 9.77. The summed E-state index contributed by atoms with van der Waals surface area (Å²) in [5.74, 6) is 1.02. The lowest BCUT2D eigenvalue weighted by Gasteiger charge is -2.18. The van der Waals surface area contributed by atoms with E-state index in [1.54, 1.807) is 0 Å². The van der Waals surface area contributed by atoms with Crippen molar-refractivity contribution in [2.24, 2.45) is 5.92 Å². The predicted octanol–water partition coefficient (Wildman–Crippen LogP) is 3.51. The van der Waals surface area contributed by atoms with E-state index < -0.39 is 0 Å². The van der Waals surface area contributed by atoms with Crippen molar-refractivity contribution < 1.29 is 0 Å². The number of rotatable bonds is 6. The highest BCUT2D eigenvalue weighted by Crippen LogP contribution is 2.29. The first kappa shape index (κ1) is 11.8. The van der Waals surface area contributed by atoms with E-state index in [9.17, 15) is 0 Å². The maximum absolute atomic E-state index is 3.98. The van der Waals surface area contributed by atoms with Crippen molar-refractivity contribution in [2.75, 3.05) is 7.05 Å². The summed E-state index contributed by atoms with van der Waals surface area (Å²) in [6, 6.07) is 0.660. The Morgan fingerprint density at radius 2 is 2.07 bits per heavy atom. The Morgan fingerprint density at radius 1 is 1.43 bits per heavy atom. The van der Waals surface area contributed by atoms with Crippen LogP contribution in [0.25, 0.3) is 0 Å². The van der Waals surface area contributed by atoms with Crippen molar-refractivity contribution in [1.82, 2.24) is 5.32 Å². The van der Waals surface area contributed by atoms with Gasteiger partial charge in [0.05, 0.1) is 0 Å². The van der Waals surface area contributed by atoms with Crippen LogP contribution in [0.4, 0.5) is 0 Å². The zero-order chi connectivity index (χ0) is 10.4. The van der Waals surface area contributed by atoms with E-state index in [2.05, 4.69) is 25.9 Å². The minimum absolute atomic E-state index is 0.660. The fourth-order valence-electron chi connectivity index (χ4n) is 2.51. The first-order valence-electron chi connectivity index (χ1n) is 6.04. The van der Waals surface area contributed by atoms with E-state index in [-0.39, 0.29) is 0 Å². The van der Waals surface area contributed by atoms with E-state index in [0.717, 1.165) is 12.3 Å². The van der Waals surface area contributed by atoms with E-state index in [1.807, 2.05) is 0 Å². The summed E-state index contributed by atoms with van der Waals surface area (Å²) in [7, 11) is 2.07. The molecule has 0 heterocycles. The van der Waals surface area contributed by atoms with Crippen LogP contribution in [0.2, 0.25) is 0 Å². The Morgan fingerprint density at radius 3 is 2.57 bits per heavy atom. The molecule has 0 spiro atoms. The van der Waals surface area contributed by atoms with Crippen LogP contribution in [-0.4, -0.2) is 13.1 Å². The minimum atomic E-state index is 0.660. The number of hydrogen-bond acceptors (Lipinski definition) is 1. The normalized spacial score (nSPS) is 19.9. The lowest BCUT2D eigenvalue weighted by atomic mass is 9.96. The molecule has 0 aromatic carbocycles. The highest BCUT2D eigenvalue weighted by atomic mass is 14.9. The Bertz CT molecular complexity index is 168. The van der Waals surface area contributed by atoms with Gasteiger partial charge in [-0.1, -0.05) is 31.3 Å². The Balaban J connectivity index is 2.15. The van der Waals surface area contributed by atoms with Gasteiger partial charge in [-0.3, -0.25) is 0 Å².